The van der Waals surface area contributed by atoms with Crippen molar-refractivity contribution in [3.8, 4) is 0 Å². The Hall–Kier alpha value is -2.69. The molecule has 2 aliphatic rings. The van der Waals surface area contributed by atoms with Crippen molar-refractivity contribution in [3.05, 3.63) is 60.3 Å². The van der Waals surface area contributed by atoms with Crippen LogP contribution in [0.2, 0.25) is 0 Å². The fraction of sp³-hybridized carbons (Fsp3) is 0.316. The van der Waals surface area contributed by atoms with Gasteiger partial charge in [-0.1, -0.05) is 36.4 Å². The topological polar surface area (TPSA) is 53.5 Å². The second kappa shape index (κ2) is 5.74. The summed E-state index contributed by atoms with van der Waals surface area (Å²) in [6.07, 6.45) is 4.00. The van der Waals surface area contributed by atoms with Crippen molar-refractivity contribution >= 4 is 18.1 Å². The first-order valence-electron chi connectivity index (χ1n) is 8.25. The van der Waals surface area contributed by atoms with Gasteiger partial charge in [-0.05, 0) is 30.5 Å². The van der Waals surface area contributed by atoms with Crippen LogP contribution in [0, 0.1) is 5.41 Å². The Labute approximate surface area is 140 Å². The number of nitrogens with zero attached hydrogens (tertiary/aromatic N) is 3. The SMILES string of the molecule is O=CN1CCC2(CC1)C(=O)N(c1ccccn1)C2c1ccccc1. The summed E-state index contributed by atoms with van der Waals surface area (Å²) in [4.78, 5) is 32.1. The summed E-state index contributed by atoms with van der Waals surface area (Å²) in [5.74, 6) is 0.820. The van der Waals surface area contributed by atoms with E-state index < -0.39 is 5.41 Å². The first kappa shape index (κ1) is 14.9. The number of rotatable bonds is 3. The third-order valence-electron chi connectivity index (χ3n) is 5.28. The number of amides is 2. The van der Waals surface area contributed by atoms with Gasteiger partial charge in [0.05, 0.1) is 11.5 Å². The lowest BCUT2D eigenvalue weighted by Crippen LogP contribution is -2.66. The number of carbonyl (C=O) groups is 2. The minimum absolute atomic E-state index is 0.0186. The number of anilines is 1. The molecule has 2 aromatic rings. The van der Waals surface area contributed by atoms with Crippen LogP contribution in [-0.4, -0.2) is 35.3 Å². The van der Waals surface area contributed by atoms with E-state index in [9.17, 15) is 9.59 Å². The molecule has 2 fully saturated rings. The molecule has 0 aliphatic carbocycles. The normalized spacial score (nSPS) is 22.3. The molecule has 1 atom stereocenters. The van der Waals surface area contributed by atoms with E-state index in [0.717, 1.165) is 12.0 Å². The average molecular weight is 321 g/mol. The van der Waals surface area contributed by atoms with Gasteiger partial charge in [-0.3, -0.25) is 14.5 Å². The number of hydrogen-bond donors (Lipinski definition) is 0. The predicted octanol–water partition coefficient (Wildman–Crippen LogP) is 2.41. The zero-order valence-electron chi connectivity index (χ0n) is 13.3. The summed E-state index contributed by atoms with van der Waals surface area (Å²) in [7, 11) is 0. The Kier molecular flexibility index (Phi) is 3.56. The van der Waals surface area contributed by atoms with E-state index in [1.54, 1.807) is 11.1 Å². The Morgan fingerprint density at radius 2 is 1.75 bits per heavy atom. The van der Waals surface area contributed by atoms with Gasteiger partial charge in [-0.15, -0.1) is 0 Å². The molecule has 0 radical (unpaired) electrons. The maximum absolute atomic E-state index is 13.1. The zero-order valence-corrected chi connectivity index (χ0v) is 13.3. The molecule has 122 valence electrons. The fourth-order valence-corrected chi connectivity index (χ4v) is 4.01. The predicted molar refractivity (Wildman–Crippen MR) is 90.2 cm³/mol. The van der Waals surface area contributed by atoms with Crippen LogP contribution in [-0.2, 0) is 9.59 Å². The molecule has 5 nitrogen and oxygen atoms in total. The van der Waals surface area contributed by atoms with Gasteiger partial charge in [0.2, 0.25) is 12.3 Å². The first-order valence-corrected chi connectivity index (χ1v) is 8.25. The molecular weight excluding hydrogens is 302 g/mol. The third-order valence-corrected chi connectivity index (χ3v) is 5.28. The van der Waals surface area contributed by atoms with Crippen LogP contribution >= 0.6 is 0 Å². The van der Waals surface area contributed by atoms with Crippen LogP contribution in [0.5, 0.6) is 0 Å². The summed E-state index contributed by atoms with van der Waals surface area (Å²) in [6.45, 7) is 1.27. The molecule has 1 aromatic heterocycles. The van der Waals surface area contributed by atoms with Crippen molar-refractivity contribution in [2.45, 2.75) is 18.9 Å². The molecule has 0 N–H and O–H groups in total. The standard InChI is InChI=1S/C19H19N3O2/c23-14-21-12-9-19(10-13-21)17(15-6-2-1-3-7-15)22(18(19)24)16-8-4-5-11-20-16/h1-8,11,14,17H,9-10,12-13H2. The summed E-state index contributed by atoms with van der Waals surface area (Å²) >= 11 is 0. The largest absolute Gasteiger partial charge is 0.345 e. The van der Waals surface area contributed by atoms with E-state index in [1.165, 1.54) is 0 Å². The third kappa shape index (κ3) is 2.12. The number of benzene rings is 1. The maximum atomic E-state index is 13.1. The van der Waals surface area contributed by atoms with Crippen LogP contribution in [0.15, 0.2) is 54.7 Å². The second-order valence-corrected chi connectivity index (χ2v) is 6.47. The molecule has 0 saturated carbocycles. The fourth-order valence-electron chi connectivity index (χ4n) is 4.01. The molecule has 2 aliphatic heterocycles. The summed E-state index contributed by atoms with van der Waals surface area (Å²) in [6, 6.07) is 15.7. The van der Waals surface area contributed by atoms with Gasteiger partial charge in [-0.2, -0.15) is 0 Å². The van der Waals surface area contributed by atoms with Crippen molar-refractivity contribution < 1.29 is 9.59 Å². The van der Waals surface area contributed by atoms with Crippen LogP contribution in [0.25, 0.3) is 0 Å². The van der Waals surface area contributed by atoms with E-state index in [2.05, 4.69) is 17.1 Å². The summed E-state index contributed by atoms with van der Waals surface area (Å²) in [5, 5.41) is 0. The monoisotopic (exact) mass is 321 g/mol. The molecule has 1 aromatic carbocycles. The van der Waals surface area contributed by atoms with E-state index in [1.807, 2.05) is 41.3 Å². The van der Waals surface area contributed by atoms with E-state index in [-0.39, 0.29) is 11.9 Å². The van der Waals surface area contributed by atoms with Gasteiger partial charge in [0.25, 0.3) is 0 Å². The number of pyridine rings is 1. The Balaban J connectivity index is 1.73. The number of carbonyl (C=O) groups excluding carboxylic acids is 2. The molecule has 2 amide bonds. The Morgan fingerprint density at radius 1 is 1.04 bits per heavy atom. The lowest BCUT2D eigenvalue weighted by molar-refractivity contribution is -0.146. The second-order valence-electron chi connectivity index (χ2n) is 6.47. The highest BCUT2D eigenvalue weighted by Crippen LogP contribution is 2.56. The number of β-lactam (4-membered cyclic amide) rings is 1. The molecule has 2 saturated heterocycles. The lowest BCUT2D eigenvalue weighted by atomic mass is 9.62. The maximum Gasteiger partial charge on any atom is 0.237 e. The minimum atomic E-state index is -0.418. The molecular formula is C19H19N3O2. The smallest absolute Gasteiger partial charge is 0.237 e. The number of aromatic nitrogens is 1. The Bertz CT molecular complexity index is 740. The van der Waals surface area contributed by atoms with E-state index >= 15 is 0 Å². The molecule has 1 unspecified atom stereocenters. The van der Waals surface area contributed by atoms with E-state index in [4.69, 9.17) is 0 Å². The van der Waals surface area contributed by atoms with Gasteiger partial charge in [-0.25, -0.2) is 4.98 Å². The highest BCUT2D eigenvalue weighted by Gasteiger charge is 2.62. The van der Waals surface area contributed by atoms with E-state index in [0.29, 0.717) is 31.7 Å². The number of piperidine rings is 1. The van der Waals surface area contributed by atoms with Crippen molar-refractivity contribution in [1.82, 2.24) is 9.88 Å². The zero-order chi connectivity index (χ0) is 16.6. The molecule has 24 heavy (non-hydrogen) atoms. The van der Waals surface area contributed by atoms with Crippen molar-refractivity contribution in [3.63, 3.8) is 0 Å². The van der Waals surface area contributed by atoms with Crippen molar-refractivity contribution in [1.29, 1.82) is 0 Å². The highest BCUT2D eigenvalue weighted by atomic mass is 16.2. The van der Waals surface area contributed by atoms with Crippen LogP contribution < -0.4 is 4.90 Å². The van der Waals surface area contributed by atoms with Crippen molar-refractivity contribution in [2.24, 2.45) is 5.41 Å². The van der Waals surface area contributed by atoms with Crippen LogP contribution in [0.3, 0.4) is 0 Å². The average Bonchev–Trinajstić information content (AvgIpc) is 2.67. The molecule has 0 bridgehead atoms. The summed E-state index contributed by atoms with van der Waals surface area (Å²) in [5.41, 5.74) is 0.709. The van der Waals surface area contributed by atoms with Gasteiger partial charge in [0.1, 0.15) is 5.82 Å². The highest BCUT2D eigenvalue weighted by molar-refractivity contribution is 6.05. The van der Waals surface area contributed by atoms with Crippen LogP contribution in [0.1, 0.15) is 24.4 Å². The minimum Gasteiger partial charge on any atom is -0.345 e. The summed E-state index contributed by atoms with van der Waals surface area (Å²) < 4.78 is 0. The van der Waals surface area contributed by atoms with Gasteiger partial charge in [0, 0.05) is 19.3 Å². The number of hydrogen-bond acceptors (Lipinski definition) is 3. The lowest BCUT2D eigenvalue weighted by Gasteiger charge is -2.58. The molecule has 3 heterocycles. The van der Waals surface area contributed by atoms with Gasteiger partial charge >= 0.3 is 0 Å². The molecule has 5 heteroatoms. The Morgan fingerprint density at radius 3 is 2.38 bits per heavy atom. The van der Waals surface area contributed by atoms with Crippen molar-refractivity contribution in [2.75, 3.05) is 18.0 Å². The molecule has 1 spiro atoms. The number of likely N-dealkylation sites (tertiary alicyclic amines) is 1. The van der Waals surface area contributed by atoms with Gasteiger partial charge in [0.15, 0.2) is 0 Å². The van der Waals surface area contributed by atoms with Gasteiger partial charge < -0.3 is 4.90 Å². The molecule has 4 rings (SSSR count). The first-order chi connectivity index (χ1) is 11.8. The van der Waals surface area contributed by atoms with Crippen LogP contribution in [0.4, 0.5) is 5.82 Å². The quantitative estimate of drug-likeness (QED) is 0.644.